The largest absolute Gasteiger partial charge is 0.339 e. The number of carbonyl (C=O) groups excluding carboxylic acids is 1. The Kier molecular flexibility index (Phi) is 4.50. The van der Waals surface area contributed by atoms with Gasteiger partial charge in [-0.2, -0.15) is 5.10 Å². The molecule has 0 unspecified atom stereocenters. The summed E-state index contributed by atoms with van der Waals surface area (Å²) in [5.74, 6) is 0.605. The summed E-state index contributed by atoms with van der Waals surface area (Å²) < 4.78 is 1.80. The zero-order valence-electron chi connectivity index (χ0n) is 17.0. The first-order valence-electron chi connectivity index (χ1n) is 10.1. The molecule has 1 aromatic carbocycles. The lowest BCUT2D eigenvalue weighted by Gasteiger charge is -2.15. The van der Waals surface area contributed by atoms with E-state index in [9.17, 15) is 4.79 Å². The maximum atomic E-state index is 12.8. The first-order chi connectivity index (χ1) is 14.6. The lowest BCUT2D eigenvalue weighted by atomic mass is 10.1. The first-order valence-corrected chi connectivity index (χ1v) is 10.1. The van der Waals surface area contributed by atoms with Gasteiger partial charge in [-0.05, 0) is 55.7 Å². The zero-order chi connectivity index (χ0) is 20.7. The summed E-state index contributed by atoms with van der Waals surface area (Å²) in [7, 11) is 1.89. The van der Waals surface area contributed by atoms with E-state index in [-0.39, 0.29) is 5.91 Å². The van der Waals surface area contributed by atoms with E-state index in [2.05, 4.69) is 20.1 Å². The van der Waals surface area contributed by atoms with Crippen molar-refractivity contribution in [3.8, 4) is 22.8 Å². The summed E-state index contributed by atoms with van der Waals surface area (Å²) in [5, 5.41) is 5.50. The minimum absolute atomic E-state index is 0.0750. The van der Waals surface area contributed by atoms with Gasteiger partial charge in [0.05, 0.1) is 11.2 Å². The van der Waals surface area contributed by atoms with E-state index in [1.54, 1.807) is 23.3 Å². The maximum absolute atomic E-state index is 12.8. The molecule has 0 atom stereocenters. The maximum Gasteiger partial charge on any atom is 0.253 e. The van der Waals surface area contributed by atoms with E-state index in [0.717, 1.165) is 53.7 Å². The predicted molar refractivity (Wildman–Crippen MR) is 115 cm³/mol. The molecule has 0 bridgehead atoms. The van der Waals surface area contributed by atoms with E-state index >= 15 is 0 Å². The van der Waals surface area contributed by atoms with Crippen LogP contribution in [0.15, 0.2) is 48.9 Å². The van der Waals surface area contributed by atoms with Crippen molar-refractivity contribution in [2.45, 2.75) is 19.8 Å². The molecule has 4 heterocycles. The Morgan fingerprint density at radius 1 is 1.00 bits per heavy atom. The molecular formula is C23H22N6O. The summed E-state index contributed by atoms with van der Waals surface area (Å²) in [6.07, 6.45) is 7.46. The average molecular weight is 398 g/mol. The minimum atomic E-state index is 0.0750. The van der Waals surface area contributed by atoms with Crippen LogP contribution < -0.4 is 0 Å². The van der Waals surface area contributed by atoms with E-state index in [1.165, 1.54) is 0 Å². The van der Waals surface area contributed by atoms with Gasteiger partial charge in [0.25, 0.3) is 5.91 Å². The highest BCUT2D eigenvalue weighted by Gasteiger charge is 2.21. The van der Waals surface area contributed by atoms with Crippen LogP contribution in [-0.2, 0) is 7.05 Å². The van der Waals surface area contributed by atoms with Crippen LogP contribution >= 0.6 is 0 Å². The number of fused-ring (bicyclic) bond motifs is 1. The Morgan fingerprint density at radius 2 is 1.77 bits per heavy atom. The van der Waals surface area contributed by atoms with Crippen molar-refractivity contribution in [2.75, 3.05) is 13.1 Å². The zero-order valence-corrected chi connectivity index (χ0v) is 17.0. The van der Waals surface area contributed by atoms with Gasteiger partial charge in [-0.3, -0.25) is 14.5 Å². The van der Waals surface area contributed by atoms with Crippen molar-refractivity contribution in [3.05, 3.63) is 60.0 Å². The standard InChI is InChI=1S/C23H22N6O/c1-15-7-8-24-19(11-15)17-13-25-22(26-14-17)21-18-12-16(5-6-20(18)28(2)27-21)23(30)29-9-3-4-10-29/h5-8,11-14H,3-4,9-10H2,1-2H3. The fourth-order valence-electron chi connectivity index (χ4n) is 3.94. The van der Waals surface area contributed by atoms with Crippen molar-refractivity contribution in [1.82, 2.24) is 29.6 Å². The molecule has 0 saturated carbocycles. The lowest BCUT2D eigenvalue weighted by molar-refractivity contribution is 0.0793. The summed E-state index contributed by atoms with van der Waals surface area (Å²) in [6, 6.07) is 9.70. The van der Waals surface area contributed by atoms with Crippen LogP contribution in [0.25, 0.3) is 33.7 Å². The summed E-state index contributed by atoms with van der Waals surface area (Å²) in [6.45, 7) is 3.68. The van der Waals surface area contributed by atoms with Crippen LogP contribution in [-0.4, -0.2) is 48.6 Å². The van der Waals surface area contributed by atoms with Crippen molar-refractivity contribution in [3.63, 3.8) is 0 Å². The number of likely N-dealkylation sites (tertiary alicyclic amines) is 1. The highest BCUT2D eigenvalue weighted by atomic mass is 16.2. The number of pyridine rings is 1. The van der Waals surface area contributed by atoms with E-state index in [0.29, 0.717) is 17.1 Å². The molecule has 1 saturated heterocycles. The van der Waals surface area contributed by atoms with Gasteiger partial charge in [0.15, 0.2) is 5.82 Å². The minimum Gasteiger partial charge on any atom is -0.339 e. The molecule has 4 aromatic rings. The number of nitrogens with zero attached hydrogens (tertiary/aromatic N) is 6. The Hall–Kier alpha value is -3.61. The molecule has 1 fully saturated rings. The van der Waals surface area contributed by atoms with Gasteiger partial charge in [0.1, 0.15) is 5.69 Å². The number of hydrogen-bond donors (Lipinski definition) is 0. The molecule has 1 aliphatic rings. The number of benzene rings is 1. The summed E-state index contributed by atoms with van der Waals surface area (Å²) >= 11 is 0. The molecule has 0 radical (unpaired) electrons. The molecule has 1 amide bonds. The van der Waals surface area contributed by atoms with Crippen LogP contribution in [0.1, 0.15) is 28.8 Å². The van der Waals surface area contributed by atoms with E-state index in [4.69, 9.17) is 0 Å². The van der Waals surface area contributed by atoms with E-state index in [1.807, 2.05) is 49.2 Å². The molecule has 30 heavy (non-hydrogen) atoms. The summed E-state index contributed by atoms with van der Waals surface area (Å²) in [5.41, 5.74) is 5.12. The van der Waals surface area contributed by atoms with Gasteiger partial charge in [-0.25, -0.2) is 9.97 Å². The molecule has 3 aromatic heterocycles. The SMILES string of the molecule is Cc1ccnc(-c2cnc(-c3nn(C)c4ccc(C(=O)N5CCCC5)cc34)nc2)c1. The topological polar surface area (TPSA) is 76.8 Å². The lowest BCUT2D eigenvalue weighted by Crippen LogP contribution is -2.27. The molecule has 7 heteroatoms. The quantitative estimate of drug-likeness (QED) is 0.527. The number of hydrogen-bond acceptors (Lipinski definition) is 5. The number of rotatable bonds is 3. The fourth-order valence-corrected chi connectivity index (χ4v) is 3.94. The number of aryl methyl sites for hydroxylation is 2. The van der Waals surface area contributed by atoms with Gasteiger partial charge in [-0.15, -0.1) is 0 Å². The molecule has 150 valence electrons. The molecule has 5 rings (SSSR count). The number of amides is 1. The number of carbonyl (C=O) groups is 1. The van der Waals surface area contributed by atoms with Crippen molar-refractivity contribution >= 4 is 16.8 Å². The molecule has 0 aliphatic carbocycles. The fraction of sp³-hybridized carbons (Fsp3) is 0.261. The third-order valence-corrected chi connectivity index (χ3v) is 5.57. The Morgan fingerprint density at radius 3 is 2.50 bits per heavy atom. The Balaban J connectivity index is 1.53. The molecular weight excluding hydrogens is 376 g/mol. The average Bonchev–Trinajstić information content (AvgIpc) is 3.42. The monoisotopic (exact) mass is 398 g/mol. The highest BCUT2D eigenvalue weighted by molar-refractivity contribution is 6.01. The van der Waals surface area contributed by atoms with Gasteiger partial charge in [0.2, 0.25) is 0 Å². The van der Waals surface area contributed by atoms with Crippen LogP contribution in [0.2, 0.25) is 0 Å². The van der Waals surface area contributed by atoms with Crippen LogP contribution in [0.5, 0.6) is 0 Å². The third kappa shape index (κ3) is 3.22. The normalized spacial score (nSPS) is 13.9. The second kappa shape index (κ2) is 7.33. The second-order valence-corrected chi connectivity index (χ2v) is 7.72. The molecule has 1 aliphatic heterocycles. The van der Waals surface area contributed by atoms with Crippen molar-refractivity contribution < 1.29 is 4.79 Å². The van der Waals surface area contributed by atoms with Gasteiger partial charge < -0.3 is 4.90 Å². The first kappa shape index (κ1) is 18.4. The van der Waals surface area contributed by atoms with Crippen LogP contribution in [0.4, 0.5) is 0 Å². The molecule has 0 spiro atoms. The van der Waals surface area contributed by atoms with Gasteiger partial charge in [0, 0.05) is 55.2 Å². The summed E-state index contributed by atoms with van der Waals surface area (Å²) in [4.78, 5) is 28.2. The molecule has 7 nitrogen and oxygen atoms in total. The third-order valence-electron chi connectivity index (χ3n) is 5.57. The van der Waals surface area contributed by atoms with Crippen molar-refractivity contribution in [2.24, 2.45) is 7.05 Å². The smallest absolute Gasteiger partial charge is 0.253 e. The van der Waals surface area contributed by atoms with Crippen LogP contribution in [0.3, 0.4) is 0 Å². The Labute approximate surface area is 174 Å². The molecule has 0 N–H and O–H groups in total. The Bertz CT molecular complexity index is 1240. The predicted octanol–water partition coefficient (Wildman–Crippen LogP) is 3.64. The van der Waals surface area contributed by atoms with Crippen LogP contribution in [0, 0.1) is 6.92 Å². The highest BCUT2D eigenvalue weighted by Crippen LogP contribution is 2.28. The van der Waals surface area contributed by atoms with Crippen molar-refractivity contribution in [1.29, 1.82) is 0 Å². The second-order valence-electron chi connectivity index (χ2n) is 7.72. The van der Waals surface area contributed by atoms with Gasteiger partial charge >= 0.3 is 0 Å². The number of aromatic nitrogens is 5. The van der Waals surface area contributed by atoms with Gasteiger partial charge in [-0.1, -0.05) is 0 Å². The van der Waals surface area contributed by atoms with E-state index < -0.39 is 0 Å².